The quantitative estimate of drug-likeness (QED) is 0.216. The number of hydrogen-bond donors (Lipinski definition) is 2. The molecule has 1 aromatic carbocycles. The first-order valence-electron chi connectivity index (χ1n) is 10.3. The zero-order chi connectivity index (χ0) is 24.7. The second-order valence-corrected chi connectivity index (χ2v) is 7.20. The number of nitrogens with one attached hydrogen (secondary N) is 2. The van der Waals surface area contributed by atoms with Gasteiger partial charge in [0.2, 0.25) is 0 Å². The van der Waals surface area contributed by atoms with Crippen molar-refractivity contribution in [1.82, 2.24) is 71.2 Å². The lowest BCUT2D eigenvalue weighted by molar-refractivity contribution is 0.0453. The van der Waals surface area contributed by atoms with E-state index in [1.165, 1.54) is 33.6 Å². The van der Waals surface area contributed by atoms with E-state index in [9.17, 15) is 9.59 Å². The predicted molar refractivity (Wildman–Crippen MR) is 111 cm³/mol. The summed E-state index contributed by atoms with van der Waals surface area (Å²) in [6.45, 7) is 0.381. The number of ether oxygens (including phenoxy) is 2. The van der Waals surface area contributed by atoms with Crippen molar-refractivity contribution in [2.75, 3.05) is 0 Å². The molecule has 4 heterocycles. The number of rotatable bonds is 10. The Morgan fingerprint density at radius 1 is 0.694 bits per heavy atom. The molecular formula is C18H16N14O4. The summed E-state index contributed by atoms with van der Waals surface area (Å²) < 4.78 is 13.5. The number of H-pyrrole nitrogens is 2. The molecule has 0 unspecified atom stereocenters. The van der Waals surface area contributed by atoms with E-state index in [0.29, 0.717) is 23.0 Å². The fourth-order valence-corrected chi connectivity index (χ4v) is 2.94. The normalized spacial score (nSPS) is 10.9. The molecule has 0 aliphatic heterocycles. The lowest BCUT2D eigenvalue weighted by Gasteiger charge is -2.05. The van der Waals surface area contributed by atoms with Gasteiger partial charge in [0, 0.05) is 0 Å². The van der Waals surface area contributed by atoms with Crippen LogP contribution in [0.4, 0.5) is 0 Å². The minimum Gasteiger partial charge on any atom is -0.455 e. The average molecular weight is 492 g/mol. The molecule has 5 aromatic rings. The summed E-state index contributed by atoms with van der Waals surface area (Å²) in [7, 11) is 0. The summed E-state index contributed by atoms with van der Waals surface area (Å²) in [4.78, 5) is 24.7. The Hall–Kier alpha value is -5.42. The zero-order valence-corrected chi connectivity index (χ0v) is 18.3. The molecule has 0 amide bonds. The number of benzene rings is 1. The van der Waals surface area contributed by atoms with Crippen molar-refractivity contribution in [3.05, 3.63) is 70.8 Å². The second-order valence-electron chi connectivity index (χ2n) is 7.20. The highest BCUT2D eigenvalue weighted by Gasteiger charge is 2.14. The highest BCUT2D eigenvalue weighted by molar-refractivity contribution is 5.93. The van der Waals surface area contributed by atoms with Crippen molar-refractivity contribution in [3.63, 3.8) is 0 Å². The molecule has 0 aliphatic rings. The first-order valence-corrected chi connectivity index (χ1v) is 10.3. The van der Waals surface area contributed by atoms with Gasteiger partial charge in [0.05, 0.1) is 23.5 Å². The van der Waals surface area contributed by atoms with E-state index in [1.807, 2.05) is 0 Å². The van der Waals surface area contributed by atoms with Crippen LogP contribution < -0.4 is 0 Å². The lowest BCUT2D eigenvalue weighted by Crippen LogP contribution is -2.08. The van der Waals surface area contributed by atoms with Crippen LogP contribution >= 0.6 is 0 Å². The van der Waals surface area contributed by atoms with Gasteiger partial charge in [-0.15, -0.1) is 30.6 Å². The third-order valence-corrected chi connectivity index (χ3v) is 4.62. The zero-order valence-electron chi connectivity index (χ0n) is 18.3. The Balaban J connectivity index is 1.08. The molecule has 5 rings (SSSR count). The lowest BCUT2D eigenvalue weighted by atomic mass is 10.1. The molecule has 4 aromatic heterocycles. The molecule has 0 saturated carbocycles. The summed E-state index contributed by atoms with van der Waals surface area (Å²) in [5.74, 6) is -0.288. The van der Waals surface area contributed by atoms with Crippen LogP contribution in [0.15, 0.2) is 36.7 Å². The largest absolute Gasteiger partial charge is 0.455 e. The minimum absolute atomic E-state index is 0.0811. The van der Waals surface area contributed by atoms with Crippen LogP contribution in [0.1, 0.15) is 43.8 Å². The molecule has 0 saturated heterocycles. The number of carbonyl (C=O) groups excluding carboxylic acids is 2. The van der Waals surface area contributed by atoms with Crippen molar-refractivity contribution in [2.45, 2.75) is 26.3 Å². The average Bonchev–Trinajstić information content (AvgIpc) is 3.71. The van der Waals surface area contributed by atoms with Crippen molar-refractivity contribution >= 4 is 11.9 Å². The van der Waals surface area contributed by atoms with Crippen molar-refractivity contribution < 1.29 is 19.1 Å². The third kappa shape index (κ3) is 5.55. The van der Waals surface area contributed by atoms with Gasteiger partial charge in [-0.2, -0.15) is 10.4 Å². The maximum atomic E-state index is 12.3. The Morgan fingerprint density at radius 2 is 1.14 bits per heavy atom. The number of aromatic amines is 2. The molecule has 0 bridgehead atoms. The highest BCUT2D eigenvalue weighted by atomic mass is 16.5. The molecule has 182 valence electrons. The van der Waals surface area contributed by atoms with Gasteiger partial charge in [0.1, 0.15) is 37.7 Å². The second kappa shape index (κ2) is 10.2. The van der Waals surface area contributed by atoms with E-state index in [2.05, 4.69) is 61.9 Å². The van der Waals surface area contributed by atoms with Crippen LogP contribution in [0.25, 0.3) is 0 Å². The van der Waals surface area contributed by atoms with Gasteiger partial charge in [-0.3, -0.25) is 0 Å². The minimum atomic E-state index is -0.583. The van der Waals surface area contributed by atoms with E-state index in [0.717, 1.165) is 0 Å². The molecule has 0 radical (unpaired) electrons. The monoisotopic (exact) mass is 492 g/mol. The van der Waals surface area contributed by atoms with Crippen LogP contribution in [0.3, 0.4) is 0 Å². The molecule has 18 heteroatoms. The number of esters is 2. The van der Waals surface area contributed by atoms with Crippen LogP contribution in [0.5, 0.6) is 0 Å². The van der Waals surface area contributed by atoms with Crippen LogP contribution in [-0.4, -0.2) is 83.2 Å². The molecule has 2 N–H and O–H groups in total. The smallest absolute Gasteiger partial charge is 0.338 e. The van der Waals surface area contributed by atoms with Crippen molar-refractivity contribution in [3.8, 4) is 0 Å². The van der Waals surface area contributed by atoms with Crippen molar-refractivity contribution in [2.24, 2.45) is 0 Å². The highest BCUT2D eigenvalue weighted by Crippen LogP contribution is 2.10. The third-order valence-electron chi connectivity index (χ3n) is 4.62. The van der Waals surface area contributed by atoms with E-state index >= 15 is 0 Å². The number of aromatic nitrogens is 14. The van der Waals surface area contributed by atoms with Crippen LogP contribution in [0, 0.1) is 0 Å². The van der Waals surface area contributed by atoms with Gasteiger partial charge < -0.3 is 9.47 Å². The van der Waals surface area contributed by atoms with Crippen molar-refractivity contribution in [1.29, 1.82) is 0 Å². The van der Waals surface area contributed by atoms with E-state index in [4.69, 9.17) is 9.47 Å². The van der Waals surface area contributed by atoms with Gasteiger partial charge in [-0.25, -0.2) is 19.0 Å². The predicted octanol–water partition coefficient (Wildman–Crippen LogP) is -1.29. The molecule has 0 fully saturated rings. The topological polar surface area (TPSA) is 223 Å². The summed E-state index contributed by atoms with van der Waals surface area (Å²) in [6, 6.07) is 5.86. The molecule has 18 nitrogen and oxygen atoms in total. The maximum Gasteiger partial charge on any atom is 0.338 e. The van der Waals surface area contributed by atoms with Gasteiger partial charge in [0.25, 0.3) is 0 Å². The molecular weight excluding hydrogens is 476 g/mol. The standard InChI is InChI=1S/C18H16N14O4/c33-17(35-9-13-5-31(29-19-13)7-15-21-25-26-22-15)11-1-2-12(4-3-11)18(34)36-10-14-6-32(30-20-14)8-16-23-27-28-24-16/h1-6H,7-10H2,(H,21,22,25,26)(H,23,24,27,28). The molecule has 0 spiro atoms. The van der Waals surface area contributed by atoms with E-state index < -0.39 is 11.9 Å². The fourth-order valence-electron chi connectivity index (χ4n) is 2.94. The Kier molecular flexibility index (Phi) is 6.36. The van der Waals surface area contributed by atoms with E-state index in [1.54, 1.807) is 12.4 Å². The fraction of sp³-hybridized carbons (Fsp3) is 0.222. The van der Waals surface area contributed by atoms with Gasteiger partial charge >= 0.3 is 11.9 Å². The summed E-state index contributed by atoms with van der Waals surface area (Å²) in [5.41, 5.74) is 1.41. The van der Waals surface area contributed by atoms with Gasteiger partial charge in [-0.05, 0) is 24.3 Å². The van der Waals surface area contributed by atoms with Crippen LogP contribution in [-0.2, 0) is 35.8 Å². The van der Waals surface area contributed by atoms with Gasteiger partial charge in [0.15, 0.2) is 11.6 Å². The number of carbonyl (C=O) groups is 2. The number of nitrogens with zero attached hydrogens (tertiary/aromatic N) is 12. The number of tetrazole rings is 2. The molecule has 0 aliphatic carbocycles. The Bertz CT molecular complexity index is 1320. The Labute approximate surface area is 200 Å². The molecule has 0 atom stereocenters. The summed E-state index contributed by atoms with van der Waals surface area (Å²) in [6.07, 6.45) is 3.21. The molecule has 36 heavy (non-hydrogen) atoms. The van der Waals surface area contributed by atoms with Gasteiger partial charge in [-0.1, -0.05) is 20.9 Å². The maximum absolute atomic E-state index is 12.3. The Morgan fingerprint density at radius 3 is 1.53 bits per heavy atom. The van der Waals surface area contributed by atoms with Crippen LogP contribution in [0.2, 0.25) is 0 Å². The first kappa shape index (κ1) is 22.4. The summed E-state index contributed by atoms with van der Waals surface area (Å²) >= 11 is 0. The summed E-state index contributed by atoms with van der Waals surface area (Å²) in [5, 5.41) is 42.6. The first-order chi connectivity index (χ1) is 17.6. The van der Waals surface area contributed by atoms with E-state index in [-0.39, 0.29) is 37.4 Å². The number of hydrogen-bond acceptors (Lipinski definition) is 14. The SMILES string of the molecule is O=C(OCc1cn(Cc2nn[nH]n2)nn1)c1ccc(C(=O)OCc2cn(Cc3nn[nH]n3)nn2)cc1.